The van der Waals surface area contributed by atoms with Gasteiger partial charge in [0.25, 0.3) is 0 Å². The molecular weight excluding hydrogens is 276 g/mol. The van der Waals surface area contributed by atoms with E-state index in [0.717, 1.165) is 19.5 Å². The number of nitrogens with one attached hydrogen (secondary N) is 2. The van der Waals surface area contributed by atoms with Crippen molar-refractivity contribution in [3.8, 4) is 0 Å². The molecule has 0 radical (unpaired) electrons. The van der Waals surface area contributed by atoms with Crippen molar-refractivity contribution in [1.82, 2.24) is 30.8 Å². The van der Waals surface area contributed by atoms with Crippen molar-refractivity contribution in [2.75, 3.05) is 18.8 Å². The van der Waals surface area contributed by atoms with E-state index in [4.69, 9.17) is 0 Å². The molecule has 0 bridgehead atoms. The fraction of sp³-hybridized carbons (Fsp3) is 0.833. The minimum atomic E-state index is -0.172. The lowest BCUT2D eigenvalue weighted by atomic mass is 10.0. The molecule has 0 saturated heterocycles. The van der Waals surface area contributed by atoms with Crippen LogP contribution in [0.3, 0.4) is 0 Å². The Morgan fingerprint density at radius 3 is 2.80 bits per heavy atom. The molecule has 20 heavy (non-hydrogen) atoms. The monoisotopic (exact) mass is 300 g/mol. The number of thioether (sulfide) groups is 1. The number of hydrogen-bond acceptors (Lipinski definition) is 6. The van der Waals surface area contributed by atoms with Gasteiger partial charge in [0, 0.05) is 12.1 Å². The SMILES string of the molecule is CCNCCn1nnnc1SCC(=O)NC(C)(C)CC. The first-order valence-corrected chi connectivity index (χ1v) is 7.87. The largest absolute Gasteiger partial charge is 0.351 e. The number of nitrogens with zero attached hydrogens (tertiary/aromatic N) is 4. The Balaban J connectivity index is 2.41. The van der Waals surface area contributed by atoms with Gasteiger partial charge in [-0.25, -0.2) is 4.68 Å². The normalized spacial score (nSPS) is 11.6. The summed E-state index contributed by atoms with van der Waals surface area (Å²) in [5.74, 6) is 0.327. The summed E-state index contributed by atoms with van der Waals surface area (Å²) in [7, 11) is 0. The van der Waals surface area contributed by atoms with Crippen LogP contribution in [0.4, 0.5) is 0 Å². The van der Waals surface area contributed by atoms with Crippen molar-refractivity contribution in [2.24, 2.45) is 0 Å². The molecule has 0 fully saturated rings. The molecule has 0 aromatic carbocycles. The maximum Gasteiger partial charge on any atom is 0.230 e. The molecule has 0 unspecified atom stereocenters. The Hall–Kier alpha value is -1.15. The van der Waals surface area contributed by atoms with Gasteiger partial charge in [-0.2, -0.15) is 0 Å². The van der Waals surface area contributed by atoms with E-state index in [9.17, 15) is 4.79 Å². The summed E-state index contributed by atoms with van der Waals surface area (Å²) in [5.41, 5.74) is -0.172. The van der Waals surface area contributed by atoms with E-state index < -0.39 is 0 Å². The second kappa shape index (κ2) is 8.21. The number of amides is 1. The number of rotatable bonds is 9. The van der Waals surface area contributed by atoms with Crippen molar-refractivity contribution < 1.29 is 4.79 Å². The van der Waals surface area contributed by atoms with Crippen molar-refractivity contribution in [2.45, 2.75) is 51.4 Å². The number of aromatic nitrogens is 4. The molecule has 114 valence electrons. The fourth-order valence-corrected chi connectivity index (χ4v) is 2.14. The van der Waals surface area contributed by atoms with Crippen LogP contribution in [-0.2, 0) is 11.3 Å². The topological polar surface area (TPSA) is 84.7 Å². The van der Waals surface area contributed by atoms with Gasteiger partial charge in [0.2, 0.25) is 11.1 Å². The molecule has 8 heteroatoms. The van der Waals surface area contributed by atoms with E-state index in [1.54, 1.807) is 4.68 Å². The molecule has 1 amide bonds. The Kier molecular flexibility index (Phi) is 6.94. The lowest BCUT2D eigenvalue weighted by Crippen LogP contribution is -2.43. The van der Waals surface area contributed by atoms with Crippen LogP contribution in [0.5, 0.6) is 0 Å². The highest BCUT2D eigenvalue weighted by Gasteiger charge is 2.18. The van der Waals surface area contributed by atoms with Crippen LogP contribution in [0.25, 0.3) is 0 Å². The fourth-order valence-electron chi connectivity index (χ4n) is 1.43. The first kappa shape index (κ1) is 16.9. The lowest BCUT2D eigenvalue weighted by Gasteiger charge is -2.24. The Labute approximate surface area is 124 Å². The summed E-state index contributed by atoms with van der Waals surface area (Å²) in [5, 5.41) is 18.4. The molecular formula is C12H24N6OS. The van der Waals surface area contributed by atoms with E-state index in [2.05, 4.69) is 40.0 Å². The Morgan fingerprint density at radius 2 is 2.15 bits per heavy atom. The van der Waals surface area contributed by atoms with Crippen LogP contribution in [0.15, 0.2) is 5.16 Å². The van der Waals surface area contributed by atoms with Crippen LogP contribution in [-0.4, -0.2) is 50.5 Å². The molecule has 0 saturated carbocycles. The number of carbonyl (C=O) groups excluding carboxylic acids is 1. The third-order valence-corrected chi connectivity index (χ3v) is 3.90. The standard InChI is InChI=1S/C12H24N6OS/c1-5-12(3,4)14-10(19)9-20-11-15-16-17-18(11)8-7-13-6-2/h13H,5-9H2,1-4H3,(H,14,19). The highest BCUT2D eigenvalue weighted by molar-refractivity contribution is 7.99. The quantitative estimate of drug-likeness (QED) is 0.515. The van der Waals surface area contributed by atoms with Crippen LogP contribution >= 0.6 is 11.8 Å². The minimum absolute atomic E-state index is 0.00285. The second-order valence-electron chi connectivity index (χ2n) is 5.11. The molecule has 0 aliphatic rings. The summed E-state index contributed by atoms with van der Waals surface area (Å²) >= 11 is 1.36. The zero-order chi connectivity index (χ0) is 15.0. The number of hydrogen-bond donors (Lipinski definition) is 2. The van der Waals surface area contributed by atoms with Crippen LogP contribution in [0.2, 0.25) is 0 Å². The molecule has 0 atom stereocenters. The van der Waals surface area contributed by atoms with Crippen molar-refractivity contribution in [3.05, 3.63) is 0 Å². The van der Waals surface area contributed by atoms with Gasteiger partial charge in [0.15, 0.2) is 0 Å². The van der Waals surface area contributed by atoms with Gasteiger partial charge in [-0.05, 0) is 37.2 Å². The number of carbonyl (C=O) groups is 1. The smallest absolute Gasteiger partial charge is 0.230 e. The molecule has 2 N–H and O–H groups in total. The summed E-state index contributed by atoms with van der Waals surface area (Å²) in [6.07, 6.45) is 0.893. The Bertz CT molecular complexity index is 420. The number of likely N-dealkylation sites (N-methyl/N-ethyl adjacent to an activating group) is 1. The van der Waals surface area contributed by atoms with Crippen LogP contribution in [0, 0.1) is 0 Å². The van der Waals surface area contributed by atoms with Crippen molar-refractivity contribution in [3.63, 3.8) is 0 Å². The maximum atomic E-state index is 11.9. The van der Waals surface area contributed by atoms with Crippen molar-refractivity contribution in [1.29, 1.82) is 0 Å². The molecule has 1 rings (SSSR count). The van der Waals surface area contributed by atoms with Crippen LogP contribution in [0.1, 0.15) is 34.1 Å². The molecule has 1 aromatic rings. The molecule has 1 heterocycles. The molecule has 0 aliphatic heterocycles. The average molecular weight is 300 g/mol. The third-order valence-electron chi connectivity index (χ3n) is 2.94. The van der Waals surface area contributed by atoms with Gasteiger partial charge in [-0.3, -0.25) is 4.79 Å². The van der Waals surface area contributed by atoms with Gasteiger partial charge in [-0.1, -0.05) is 25.6 Å². The van der Waals surface area contributed by atoms with Gasteiger partial charge in [0.1, 0.15) is 0 Å². The van der Waals surface area contributed by atoms with Crippen molar-refractivity contribution >= 4 is 17.7 Å². The molecule has 0 spiro atoms. The first-order chi connectivity index (χ1) is 9.48. The molecule has 0 aliphatic carbocycles. The zero-order valence-electron chi connectivity index (χ0n) is 12.6. The van der Waals surface area contributed by atoms with Gasteiger partial charge in [0.05, 0.1) is 12.3 Å². The summed E-state index contributed by atoms with van der Waals surface area (Å²) in [6, 6.07) is 0. The Morgan fingerprint density at radius 1 is 1.40 bits per heavy atom. The van der Waals surface area contributed by atoms with E-state index in [-0.39, 0.29) is 11.4 Å². The van der Waals surface area contributed by atoms with E-state index >= 15 is 0 Å². The second-order valence-corrected chi connectivity index (χ2v) is 6.05. The van der Waals surface area contributed by atoms with Gasteiger partial charge < -0.3 is 10.6 Å². The van der Waals surface area contributed by atoms with Crippen LogP contribution < -0.4 is 10.6 Å². The minimum Gasteiger partial charge on any atom is -0.351 e. The first-order valence-electron chi connectivity index (χ1n) is 6.89. The van der Waals surface area contributed by atoms with Gasteiger partial charge >= 0.3 is 0 Å². The molecule has 1 aromatic heterocycles. The highest BCUT2D eigenvalue weighted by Crippen LogP contribution is 2.14. The summed E-state index contributed by atoms with van der Waals surface area (Å²) in [4.78, 5) is 11.9. The summed E-state index contributed by atoms with van der Waals surface area (Å²) < 4.78 is 1.71. The number of tetrazole rings is 1. The predicted molar refractivity (Wildman–Crippen MR) is 79.6 cm³/mol. The maximum absolute atomic E-state index is 11.9. The summed E-state index contributed by atoms with van der Waals surface area (Å²) in [6.45, 7) is 10.5. The average Bonchev–Trinajstić information content (AvgIpc) is 2.84. The zero-order valence-corrected chi connectivity index (χ0v) is 13.5. The van der Waals surface area contributed by atoms with E-state index in [0.29, 0.717) is 17.5 Å². The van der Waals surface area contributed by atoms with E-state index in [1.807, 2.05) is 13.8 Å². The van der Waals surface area contributed by atoms with E-state index in [1.165, 1.54) is 11.8 Å². The highest BCUT2D eigenvalue weighted by atomic mass is 32.2. The van der Waals surface area contributed by atoms with Gasteiger partial charge in [-0.15, -0.1) is 5.10 Å². The lowest BCUT2D eigenvalue weighted by molar-refractivity contribution is -0.120. The third kappa shape index (κ3) is 5.87. The predicted octanol–water partition coefficient (Wildman–Crippen LogP) is 0.680. The molecule has 7 nitrogen and oxygen atoms in total.